The minimum absolute atomic E-state index is 0.399. The van der Waals surface area contributed by atoms with E-state index >= 15 is 0 Å². The van der Waals surface area contributed by atoms with Crippen LogP contribution in [0.15, 0.2) is 30.7 Å². The van der Waals surface area contributed by atoms with E-state index in [1.807, 2.05) is 19.1 Å². The highest BCUT2D eigenvalue weighted by atomic mass is 35.5. The van der Waals surface area contributed by atoms with E-state index in [0.29, 0.717) is 23.3 Å². The van der Waals surface area contributed by atoms with Crippen molar-refractivity contribution in [3.05, 3.63) is 35.9 Å². The third kappa shape index (κ3) is 2.28. The fourth-order valence-electron chi connectivity index (χ4n) is 1.32. The number of aromatic nitrogens is 3. The molecule has 0 spiro atoms. The van der Waals surface area contributed by atoms with E-state index in [9.17, 15) is 0 Å². The molecule has 4 nitrogen and oxygen atoms in total. The summed E-state index contributed by atoms with van der Waals surface area (Å²) in [6.07, 6.45) is 3.09. The third-order valence-corrected chi connectivity index (χ3v) is 2.17. The zero-order chi connectivity index (χ0) is 11.4. The van der Waals surface area contributed by atoms with Gasteiger partial charge in [-0.3, -0.25) is 0 Å². The van der Waals surface area contributed by atoms with Gasteiger partial charge >= 0.3 is 0 Å². The number of halogens is 1. The van der Waals surface area contributed by atoms with Gasteiger partial charge in [0.05, 0.1) is 17.9 Å². The second-order valence-corrected chi connectivity index (χ2v) is 3.40. The summed E-state index contributed by atoms with van der Waals surface area (Å²) in [6.45, 7) is 2.47. The van der Waals surface area contributed by atoms with Gasteiger partial charge in [-0.15, -0.1) is 0 Å². The van der Waals surface area contributed by atoms with Gasteiger partial charge in [0.2, 0.25) is 5.88 Å². The van der Waals surface area contributed by atoms with E-state index < -0.39 is 0 Å². The molecule has 0 saturated heterocycles. The van der Waals surface area contributed by atoms with Crippen molar-refractivity contribution in [3.8, 4) is 17.1 Å². The molecular weight excluding hydrogens is 226 g/mol. The molecule has 2 heterocycles. The van der Waals surface area contributed by atoms with Crippen LogP contribution < -0.4 is 4.74 Å². The number of hydrogen-bond donors (Lipinski definition) is 0. The molecule has 0 N–H and O–H groups in total. The molecule has 0 bridgehead atoms. The Morgan fingerprint density at radius 1 is 1.31 bits per heavy atom. The van der Waals surface area contributed by atoms with Crippen LogP contribution in [0.1, 0.15) is 6.92 Å². The maximum absolute atomic E-state index is 5.81. The number of hydrogen-bond acceptors (Lipinski definition) is 4. The van der Waals surface area contributed by atoms with Crippen molar-refractivity contribution in [2.45, 2.75) is 6.92 Å². The highest BCUT2D eigenvalue weighted by Gasteiger charge is 2.08. The molecule has 0 atom stereocenters. The second kappa shape index (κ2) is 4.90. The Kier molecular flexibility index (Phi) is 3.31. The summed E-state index contributed by atoms with van der Waals surface area (Å²) >= 11 is 5.81. The molecule has 2 aromatic rings. The highest BCUT2D eigenvalue weighted by molar-refractivity contribution is 6.29. The molecule has 0 aliphatic heterocycles. The standard InChI is InChI=1S/C11H10ClN3O/c1-2-16-11-8(4-3-5-13-11)9-6-10(12)15-7-14-9/h3-7H,2H2,1H3. The number of nitrogens with zero attached hydrogens (tertiary/aromatic N) is 3. The van der Waals surface area contributed by atoms with E-state index in [1.54, 1.807) is 12.3 Å². The Bertz CT molecular complexity index is 490. The molecule has 0 fully saturated rings. The van der Waals surface area contributed by atoms with Crippen molar-refractivity contribution < 1.29 is 4.74 Å². The molecule has 16 heavy (non-hydrogen) atoms. The number of pyridine rings is 1. The molecule has 0 amide bonds. The number of ether oxygens (including phenoxy) is 1. The largest absolute Gasteiger partial charge is 0.477 e. The van der Waals surface area contributed by atoms with Crippen molar-refractivity contribution in [1.29, 1.82) is 0 Å². The Morgan fingerprint density at radius 3 is 2.94 bits per heavy atom. The Hall–Kier alpha value is -1.68. The molecule has 0 aromatic carbocycles. The van der Waals surface area contributed by atoms with Crippen molar-refractivity contribution in [1.82, 2.24) is 15.0 Å². The fraction of sp³-hybridized carbons (Fsp3) is 0.182. The lowest BCUT2D eigenvalue weighted by molar-refractivity contribution is 0.328. The van der Waals surface area contributed by atoms with Crippen LogP contribution >= 0.6 is 11.6 Å². The highest BCUT2D eigenvalue weighted by Crippen LogP contribution is 2.26. The Labute approximate surface area is 98.3 Å². The van der Waals surface area contributed by atoms with Crippen LogP contribution in [0.4, 0.5) is 0 Å². The van der Waals surface area contributed by atoms with Gasteiger partial charge in [0.25, 0.3) is 0 Å². The van der Waals surface area contributed by atoms with Crippen LogP contribution in [-0.4, -0.2) is 21.6 Å². The lowest BCUT2D eigenvalue weighted by atomic mass is 10.2. The second-order valence-electron chi connectivity index (χ2n) is 3.02. The smallest absolute Gasteiger partial charge is 0.222 e. The molecule has 5 heteroatoms. The first-order valence-electron chi connectivity index (χ1n) is 4.87. The number of rotatable bonds is 3. The first-order chi connectivity index (χ1) is 7.81. The van der Waals surface area contributed by atoms with Gasteiger partial charge in [0.15, 0.2) is 0 Å². The first-order valence-corrected chi connectivity index (χ1v) is 5.24. The minimum atomic E-state index is 0.399. The summed E-state index contributed by atoms with van der Waals surface area (Å²) in [5, 5.41) is 0.399. The normalized spacial score (nSPS) is 10.1. The van der Waals surface area contributed by atoms with Crippen LogP contribution in [-0.2, 0) is 0 Å². The summed E-state index contributed by atoms with van der Waals surface area (Å²) in [7, 11) is 0. The molecular formula is C11H10ClN3O. The predicted molar refractivity (Wildman–Crippen MR) is 61.4 cm³/mol. The maximum Gasteiger partial charge on any atom is 0.222 e. The fourth-order valence-corrected chi connectivity index (χ4v) is 1.47. The van der Waals surface area contributed by atoms with Gasteiger partial charge in [-0.1, -0.05) is 11.6 Å². The summed E-state index contributed by atoms with van der Waals surface area (Å²) in [5.74, 6) is 0.555. The minimum Gasteiger partial charge on any atom is -0.477 e. The zero-order valence-corrected chi connectivity index (χ0v) is 9.48. The molecule has 2 aromatic heterocycles. The van der Waals surface area contributed by atoms with Crippen LogP contribution in [0.2, 0.25) is 5.15 Å². The van der Waals surface area contributed by atoms with Crippen molar-refractivity contribution in [3.63, 3.8) is 0 Å². The van der Waals surface area contributed by atoms with Crippen LogP contribution in [0, 0.1) is 0 Å². The van der Waals surface area contributed by atoms with Crippen molar-refractivity contribution in [2.75, 3.05) is 6.61 Å². The van der Waals surface area contributed by atoms with Gasteiger partial charge < -0.3 is 4.74 Å². The average Bonchev–Trinajstić information content (AvgIpc) is 2.30. The topological polar surface area (TPSA) is 47.9 Å². The monoisotopic (exact) mass is 235 g/mol. The van der Waals surface area contributed by atoms with Crippen LogP contribution in [0.5, 0.6) is 5.88 Å². The Morgan fingerprint density at radius 2 is 2.19 bits per heavy atom. The van der Waals surface area contributed by atoms with E-state index in [1.165, 1.54) is 6.33 Å². The van der Waals surface area contributed by atoms with E-state index in [-0.39, 0.29) is 0 Å². The van der Waals surface area contributed by atoms with Crippen molar-refractivity contribution >= 4 is 11.6 Å². The lowest BCUT2D eigenvalue weighted by Gasteiger charge is -2.07. The Balaban J connectivity index is 2.46. The quantitative estimate of drug-likeness (QED) is 0.768. The molecule has 0 aliphatic carbocycles. The summed E-state index contributed by atoms with van der Waals surface area (Å²) in [5.41, 5.74) is 1.52. The van der Waals surface area contributed by atoms with E-state index in [2.05, 4.69) is 15.0 Å². The molecule has 0 saturated carbocycles. The van der Waals surface area contributed by atoms with Gasteiger partial charge in [-0.2, -0.15) is 0 Å². The SMILES string of the molecule is CCOc1ncccc1-c1cc(Cl)ncn1. The average molecular weight is 236 g/mol. The third-order valence-electron chi connectivity index (χ3n) is 1.96. The predicted octanol–water partition coefficient (Wildman–Crippen LogP) is 2.59. The first kappa shape index (κ1) is 10.8. The molecule has 0 aliphatic rings. The van der Waals surface area contributed by atoms with Crippen LogP contribution in [0.25, 0.3) is 11.3 Å². The van der Waals surface area contributed by atoms with Gasteiger partial charge in [0.1, 0.15) is 11.5 Å². The van der Waals surface area contributed by atoms with Crippen LogP contribution in [0.3, 0.4) is 0 Å². The summed E-state index contributed by atoms with van der Waals surface area (Å²) in [4.78, 5) is 12.1. The summed E-state index contributed by atoms with van der Waals surface area (Å²) < 4.78 is 5.42. The van der Waals surface area contributed by atoms with Crippen molar-refractivity contribution in [2.24, 2.45) is 0 Å². The zero-order valence-electron chi connectivity index (χ0n) is 8.72. The van der Waals surface area contributed by atoms with Gasteiger partial charge in [-0.25, -0.2) is 15.0 Å². The van der Waals surface area contributed by atoms with Gasteiger partial charge in [0, 0.05) is 12.3 Å². The maximum atomic E-state index is 5.81. The van der Waals surface area contributed by atoms with E-state index in [0.717, 1.165) is 5.56 Å². The molecule has 0 radical (unpaired) electrons. The molecule has 0 unspecified atom stereocenters. The van der Waals surface area contributed by atoms with Gasteiger partial charge in [-0.05, 0) is 19.1 Å². The lowest BCUT2D eigenvalue weighted by Crippen LogP contribution is -1.97. The van der Waals surface area contributed by atoms with E-state index in [4.69, 9.17) is 16.3 Å². The molecule has 2 rings (SSSR count). The molecule has 82 valence electrons. The summed E-state index contributed by atoms with van der Waals surface area (Å²) in [6, 6.07) is 5.39.